The smallest absolute Gasteiger partial charge is 0.306 e. The first-order valence-electron chi connectivity index (χ1n) is 24.3. The summed E-state index contributed by atoms with van der Waals surface area (Å²) < 4.78 is 11.5. The lowest BCUT2D eigenvalue weighted by atomic mass is 10.0. The number of ether oxygens (including phenoxy) is 2. The summed E-state index contributed by atoms with van der Waals surface area (Å²) >= 11 is 0. The van der Waals surface area contributed by atoms with Crippen LogP contribution in [0.15, 0.2) is 24.3 Å². The van der Waals surface area contributed by atoms with Gasteiger partial charge in [0.15, 0.2) is 0 Å². The minimum atomic E-state index is -0.0623. The first-order valence-corrected chi connectivity index (χ1v) is 24.3. The Bertz CT molecular complexity index is 982. The van der Waals surface area contributed by atoms with E-state index >= 15 is 0 Å². The van der Waals surface area contributed by atoms with Crippen molar-refractivity contribution in [1.29, 1.82) is 0 Å². The monoisotopic (exact) mass is 786 g/mol. The van der Waals surface area contributed by atoms with Crippen LogP contribution < -0.4 is 0 Å². The molecule has 0 fully saturated rings. The molecule has 56 heavy (non-hydrogen) atoms. The van der Waals surface area contributed by atoms with Crippen molar-refractivity contribution >= 4 is 11.9 Å². The quantitative estimate of drug-likeness (QED) is 0.0525. The van der Waals surface area contributed by atoms with Crippen molar-refractivity contribution in [3.63, 3.8) is 0 Å². The van der Waals surface area contributed by atoms with Crippen LogP contribution >= 0.6 is 0 Å². The maximum absolute atomic E-state index is 12.7. The van der Waals surface area contributed by atoms with Gasteiger partial charge in [0.25, 0.3) is 0 Å². The van der Waals surface area contributed by atoms with E-state index in [1.807, 2.05) is 0 Å². The van der Waals surface area contributed by atoms with Gasteiger partial charge in [-0.25, -0.2) is 0 Å². The fourth-order valence-electron chi connectivity index (χ4n) is 7.72. The largest absolute Gasteiger partial charge is 0.466 e. The summed E-state index contributed by atoms with van der Waals surface area (Å²) in [5, 5.41) is 9.59. The predicted molar refractivity (Wildman–Crippen MR) is 238 cm³/mol. The maximum Gasteiger partial charge on any atom is 0.306 e. The van der Waals surface area contributed by atoms with Crippen molar-refractivity contribution in [2.75, 3.05) is 32.8 Å². The Morgan fingerprint density at radius 2 is 0.911 bits per heavy atom. The average molecular weight is 786 g/mol. The highest BCUT2D eigenvalue weighted by Crippen LogP contribution is 2.19. The van der Waals surface area contributed by atoms with Gasteiger partial charge in [0.05, 0.1) is 13.2 Å². The Hall–Kier alpha value is -1.92. The first kappa shape index (κ1) is 52.1. The number of esters is 2. The highest BCUT2D eigenvalue weighted by Gasteiger charge is 2.14. The molecule has 0 amide bonds. The van der Waals surface area contributed by atoms with Crippen molar-refractivity contribution < 1.29 is 24.2 Å². The van der Waals surface area contributed by atoms with Gasteiger partial charge >= 0.3 is 11.9 Å². The van der Waals surface area contributed by atoms with Gasteiger partial charge < -0.3 is 19.5 Å². The molecule has 0 aromatic heterocycles. The highest BCUT2D eigenvalue weighted by atomic mass is 16.5. The second-order valence-corrected chi connectivity index (χ2v) is 16.8. The number of carbonyl (C=O) groups excluding carboxylic acids is 2. The van der Waals surface area contributed by atoms with Crippen LogP contribution in [0.5, 0.6) is 0 Å². The van der Waals surface area contributed by atoms with E-state index < -0.39 is 0 Å². The summed E-state index contributed by atoms with van der Waals surface area (Å²) in [4.78, 5) is 27.3. The normalized spacial score (nSPS) is 11.5. The predicted octanol–water partition coefficient (Wildman–Crippen LogP) is 13.7. The molecule has 0 saturated carbocycles. The third-order valence-corrected chi connectivity index (χ3v) is 11.4. The number of aliphatic hydroxyl groups is 1. The number of benzene rings is 1. The Labute approximate surface area is 347 Å². The molecule has 1 rings (SSSR count). The summed E-state index contributed by atoms with van der Waals surface area (Å²) in [5.41, 5.74) is 2.75. The molecule has 0 unspecified atom stereocenters. The summed E-state index contributed by atoms with van der Waals surface area (Å²) in [6, 6.07) is 8.97. The molecule has 1 N–H and O–H groups in total. The molecule has 0 atom stereocenters. The first-order chi connectivity index (χ1) is 27.5. The zero-order chi connectivity index (χ0) is 40.6. The van der Waals surface area contributed by atoms with E-state index in [1.165, 1.54) is 120 Å². The second kappa shape index (κ2) is 39.9. The molecular formula is C50H91NO5. The van der Waals surface area contributed by atoms with Crippen molar-refractivity contribution in [2.45, 2.75) is 239 Å². The van der Waals surface area contributed by atoms with E-state index in [-0.39, 0.29) is 24.6 Å². The maximum atomic E-state index is 12.7. The van der Waals surface area contributed by atoms with Crippen LogP contribution in [0.25, 0.3) is 0 Å². The van der Waals surface area contributed by atoms with Crippen LogP contribution in [0.1, 0.15) is 231 Å². The van der Waals surface area contributed by atoms with Crippen molar-refractivity contribution in [3.05, 3.63) is 35.4 Å². The number of carbonyl (C=O) groups is 2. The molecule has 6 heteroatoms. The highest BCUT2D eigenvalue weighted by molar-refractivity contribution is 5.69. The molecule has 0 heterocycles. The SMILES string of the molecule is CCCCCCCCC(CCCCCCCC)OC(=O)CCCCCCCN(CCO)CCCCCCCC(=O)OCCCc1ccc(CCCCCC)cc1. The summed E-state index contributed by atoms with van der Waals surface area (Å²) in [6.07, 6.45) is 37.6. The second-order valence-electron chi connectivity index (χ2n) is 16.8. The van der Waals surface area contributed by atoms with Crippen LogP contribution in [0.3, 0.4) is 0 Å². The van der Waals surface area contributed by atoms with Crippen LogP contribution in [0, 0.1) is 0 Å². The third kappa shape index (κ3) is 33.1. The number of unbranched alkanes of at least 4 members (excludes halogenated alkanes) is 21. The molecule has 0 saturated heterocycles. The number of rotatable bonds is 42. The van der Waals surface area contributed by atoms with E-state index in [1.54, 1.807) is 0 Å². The van der Waals surface area contributed by atoms with Gasteiger partial charge in [0.1, 0.15) is 6.10 Å². The van der Waals surface area contributed by atoms with Crippen LogP contribution in [0.4, 0.5) is 0 Å². The lowest BCUT2D eigenvalue weighted by Gasteiger charge is -2.21. The Balaban J connectivity index is 2.08. The number of nitrogens with zero attached hydrogens (tertiary/aromatic N) is 1. The van der Waals surface area contributed by atoms with Gasteiger partial charge in [-0.1, -0.05) is 167 Å². The standard InChI is InChI=1S/C50H91NO5/c1-4-7-10-13-17-24-33-48(34-25-18-14-11-8-5-2)56-50(54)36-27-20-16-22-29-42-51(43-44-52)41-28-21-15-19-26-35-49(53)55-45-30-32-47-39-37-46(38-40-47)31-23-12-9-6-3/h37-40,48,52H,4-36,41-45H2,1-3H3. The Morgan fingerprint density at radius 3 is 1.41 bits per heavy atom. The minimum Gasteiger partial charge on any atom is -0.466 e. The van der Waals surface area contributed by atoms with Crippen molar-refractivity contribution in [1.82, 2.24) is 4.90 Å². The van der Waals surface area contributed by atoms with E-state index in [0.29, 0.717) is 19.4 Å². The van der Waals surface area contributed by atoms with E-state index in [4.69, 9.17) is 9.47 Å². The molecule has 1 aromatic carbocycles. The molecule has 0 aliphatic carbocycles. The lowest BCUT2D eigenvalue weighted by molar-refractivity contribution is -0.150. The fraction of sp³-hybridized carbons (Fsp3) is 0.840. The molecule has 0 aliphatic rings. The van der Waals surface area contributed by atoms with Gasteiger partial charge in [-0.3, -0.25) is 9.59 Å². The van der Waals surface area contributed by atoms with Gasteiger partial charge in [-0.05, 0) is 101 Å². The van der Waals surface area contributed by atoms with E-state index in [0.717, 1.165) is 110 Å². The van der Waals surface area contributed by atoms with Crippen LogP contribution in [-0.2, 0) is 31.9 Å². The zero-order valence-electron chi connectivity index (χ0n) is 37.3. The third-order valence-electron chi connectivity index (χ3n) is 11.4. The van der Waals surface area contributed by atoms with E-state index in [2.05, 4.69) is 49.9 Å². The number of aryl methyl sites for hydroxylation is 2. The minimum absolute atomic E-state index is 0.0110. The Morgan fingerprint density at radius 1 is 0.500 bits per heavy atom. The number of hydrogen-bond donors (Lipinski definition) is 1. The van der Waals surface area contributed by atoms with Gasteiger partial charge in [0, 0.05) is 19.4 Å². The van der Waals surface area contributed by atoms with Gasteiger partial charge in [-0.2, -0.15) is 0 Å². The van der Waals surface area contributed by atoms with Crippen molar-refractivity contribution in [3.8, 4) is 0 Å². The molecule has 0 spiro atoms. The van der Waals surface area contributed by atoms with Crippen LogP contribution in [0.2, 0.25) is 0 Å². The summed E-state index contributed by atoms with van der Waals surface area (Å²) in [6.45, 7) is 10.3. The molecule has 6 nitrogen and oxygen atoms in total. The molecule has 326 valence electrons. The molecule has 0 aliphatic heterocycles. The summed E-state index contributed by atoms with van der Waals surface area (Å²) in [5.74, 6) is -0.0513. The number of hydrogen-bond acceptors (Lipinski definition) is 6. The lowest BCUT2D eigenvalue weighted by Crippen LogP contribution is -2.29. The number of aliphatic hydroxyl groups excluding tert-OH is 1. The Kier molecular flexibility index (Phi) is 37.1. The van der Waals surface area contributed by atoms with Crippen molar-refractivity contribution in [2.24, 2.45) is 0 Å². The molecule has 1 aromatic rings. The van der Waals surface area contributed by atoms with E-state index in [9.17, 15) is 14.7 Å². The molecular weight excluding hydrogens is 695 g/mol. The average Bonchev–Trinajstić information content (AvgIpc) is 3.20. The topological polar surface area (TPSA) is 76.1 Å². The molecule has 0 bridgehead atoms. The fourth-order valence-corrected chi connectivity index (χ4v) is 7.72. The summed E-state index contributed by atoms with van der Waals surface area (Å²) in [7, 11) is 0. The zero-order valence-corrected chi connectivity index (χ0v) is 37.3. The van der Waals surface area contributed by atoms with Gasteiger partial charge in [-0.15, -0.1) is 0 Å². The molecule has 0 radical (unpaired) electrons. The van der Waals surface area contributed by atoms with Crippen LogP contribution in [-0.4, -0.2) is 60.9 Å². The van der Waals surface area contributed by atoms with Gasteiger partial charge in [0.2, 0.25) is 0 Å².